The van der Waals surface area contributed by atoms with Crippen molar-refractivity contribution in [2.24, 2.45) is 0 Å². The van der Waals surface area contributed by atoms with Gasteiger partial charge in [-0.3, -0.25) is 14.3 Å². The maximum atomic E-state index is 12.7. The van der Waals surface area contributed by atoms with E-state index < -0.39 is 38.4 Å². The number of amides is 2. The SMILES string of the molecule is Cc1c(Cl)cccc1NS(=O)(=O)c1ccc(NC(=O)CN2C(=O)c3ccccc3S2(=O)=O)cc1. The van der Waals surface area contributed by atoms with Crippen LogP contribution in [0.3, 0.4) is 0 Å². The molecule has 0 aliphatic carbocycles. The first-order chi connectivity index (χ1) is 16.0. The molecule has 0 radical (unpaired) electrons. The summed E-state index contributed by atoms with van der Waals surface area (Å²) < 4.78 is 53.5. The molecule has 3 aromatic rings. The molecule has 0 atom stereocenters. The van der Waals surface area contributed by atoms with Crippen LogP contribution in [0.25, 0.3) is 0 Å². The number of carbonyl (C=O) groups is 2. The third-order valence-electron chi connectivity index (χ3n) is 5.16. The van der Waals surface area contributed by atoms with Crippen LogP contribution in [-0.2, 0) is 24.8 Å². The van der Waals surface area contributed by atoms with Crippen molar-refractivity contribution in [3.8, 4) is 0 Å². The van der Waals surface area contributed by atoms with Gasteiger partial charge < -0.3 is 5.32 Å². The molecular weight excluding hydrogens is 502 g/mol. The van der Waals surface area contributed by atoms with Crippen molar-refractivity contribution in [2.45, 2.75) is 16.7 Å². The number of benzene rings is 3. The van der Waals surface area contributed by atoms with Gasteiger partial charge in [-0.2, -0.15) is 0 Å². The molecule has 1 aliphatic rings. The van der Waals surface area contributed by atoms with Gasteiger partial charge in [0.05, 0.1) is 16.1 Å². The Morgan fingerprint density at radius 2 is 1.68 bits per heavy atom. The minimum atomic E-state index is -4.12. The molecule has 0 unspecified atom stereocenters. The quantitative estimate of drug-likeness (QED) is 0.514. The second kappa shape index (κ2) is 8.75. The van der Waals surface area contributed by atoms with Crippen LogP contribution in [0.1, 0.15) is 15.9 Å². The Morgan fingerprint density at radius 1 is 1.00 bits per heavy atom. The number of sulfonamides is 2. The van der Waals surface area contributed by atoms with Gasteiger partial charge in [-0.25, -0.2) is 21.1 Å². The highest BCUT2D eigenvalue weighted by Gasteiger charge is 2.41. The van der Waals surface area contributed by atoms with E-state index in [-0.39, 0.29) is 21.0 Å². The lowest BCUT2D eigenvalue weighted by molar-refractivity contribution is -0.116. The van der Waals surface area contributed by atoms with E-state index in [1.807, 2.05) is 0 Å². The molecule has 2 N–H and O–H groups in total. The molecule has 0 bridgehead atoms. The van der Waals surface area contributed by atoms with Crippen molar-refractivity contribution >= 4 is 54.8 Å². The summed E-state index contributed by atoms with van der Waals surface area (Å²) >= 11 is 6.03. The molecule has 12 heteroatoms. The van der Waals surface area contributed by atoms with E-state index in [9.17, 15) is 26.4 Å². The highest BCUT2D eigenvalue weighted by atomic mass is 35.5. The number of hydrogen-bond donors (Lipinski definition) is 2. The molecule has 0 fully saturated rings. The molecule has 3 aromatic carbocycles. The largest absolute Gasteiger partial charge is 0.325 e. The second-order valence-electron chi connectivity index (χ2n) is 7.40. The van der Waals surface area contributed by atoms with Crippen molar-refractivity contribution in [3.05, 3.63) is 82.9 Å². The average Bonchev–Trinajstić information content (AvgIpc) is 2.98. The third-order valence-corrected chi connectivity index (χ3v) is 8.74. The highest BCUT2D eigenvalue weighted by molar-refractivity contribution is 7.92. The Kier molecular flexibility index (Phi) is 6.11. The van der Waals surface area contributed by atoms with Gasteiger partial charge in [-0.05, 0) is 61.0 Å². The van der Waals surface area contributed by atoms with Crippen LogP contribution in [0.2, 0.25) is 5.02 Å². The van der Waals surface area contributed by atoms with Crippen LogP contribution >= 0.6 is 11.6 Å². The van der Waals surface area contributed by atoms with Crippen molar-refractivity contribution in [1.82, 2.24) is 4.31 Å². The molecule has 2 amide bonds. The maximum absolute atomic E-state index is 12.7. The van der Waals surface area contributed by atoms with Crippen LogP contribution in [0.4, 0.5) is 11.4 Å². The normalized spacial score (nSPS) is 14.5. The molecule has 1 heterocycles. The van der Waals surface area contributed by atoms with E-state index in [0.717, 1.165) is 0 Å². The van der Waals surface area contributed by atoms with E-state index in [0.29, 0.717) is 20.6 Å². The zero-order chi connectivity index (χ0) is 24.7. The predicted octanol–water partition coefficient (Wildman–Crippen LogP) is 3.23. The lowest BCUT2D eigenvalue weighted by Crippen LogP contribution is -2.37. The molecule has 0 spiro atoms. The summed E-state index contributed by atoms with van der Waals surface area (Å²) in [7, 11) is -8.04. The second-order valence-corrected chi connectivity index (χ2v) is 11.3. The molecule has 176 valence electrons. The fourth-order valence-corrected chi connectivity index (χ4v) is 6.18. The summed E-state index contributed by atoms with van der Waals surface area (Å²) in [6.45, 7) is 0.966. The van der Waals surface area contributed by atoms with Crippen molar-refractivity contribution in [3.63, 3.8) is 0 Å². The summed E-state index contributed by atoms with van der Waals surface area (Å²) in [4.78, 5) is 24.7. The lowest BCUT2D eigenvalue weighted by Gasteiger charge is -2.15. The zero-order valence-electron chi connectivity index (χ0n) is 17.6. The molecule has 0 saturated carbocycles. The molecule has 1 aliphatic heterocycles. The highest BCUT2D eigenvalue weighted by Crippen LogP contribution is 2.30. The summed E-state index contributed by atoms with van der Waals surface area (Å²) in [5.74, 6) is -1.54. The monoisotopic (exact) mass is 519 g/mol. The summed E-state index contributed by atoms with van der Waals surface area (Å²) in [5, 5.41) is 2.89. The summed E-state index contributed by atoms with van der Waals surface area (Å²) in [5.41, 5.74) is 1.14. The Hall–Kier alpha value is -3.41. The van der Waals surface area contributed by atoms with Gasteiger partial charge >= 0.3 is 0 Å². The number of carbonyl (C=O) groups excluding carboxylic acids is 2. The van der Waals surface area contributed by atoms with Gasteiger partial charge in [0.25, 0.3) is 26.0 Å². The summed E-state index contributed by atoms with van der Waals surface area (Å²) in [6.07, 6.45) is 0. The van der Waals surface area contributed by atoms with Crippen molar-refractivity contribution < 1.29 is 26.4 Å². The Bertz CT molecular complexity index is 1520. The maximum Gasteiger partial charge on any atom is 0.269 e. The first-order valence-electron chi connectivity index (χ1n) is 9.84. The van der Waals surface area contributed by atoms with Gasteiger partial charge in [0.15, 0.2) is 0 Å². The Morgan fingerprint density at radius 3 is 2.35 bits per heavy atom. The van der Waals surface area contributed by atoms with Crippen LogP contribution in [0, 0.1) is 6.92 Å². The number of anilines is 2. The van der Waals surface area contributed by atoms with E-state index >= 15 is 0 Å². The van der Waals surface area contributed by atoms with Crippen LogP contribution < -0.4 is 10.0 Å². The molecule has 0 saturated heterocycles. The first kappa shape index (κ1) is 23.7. The molecule has 34 heavy (non-hydrogen) atoms. The van der Waals surface area contributed by atoms with Crippen LogP contribution in [0.5, 0.6) is 0 Å². The van der Waals surface area contributed by atoms with Gasteiger partial charge in [0.1, 0.15) is 11.4 Å². The average molecular weight is 520 g/mol. The number of fused-ring (bicyclic) bond motifs is 1. The minimum Gasteiger partial charge on any atom is -0.325 e. The van der Waals surface area contributed by atoms with Gasteiger partial charge in [0.2, 0.25) is 5.91 Å². The number of rotatable bonds is 6. The molecule has 0 aromatic heterocycles. The zero-order valence-corrected chi connectivity index (χ0v) is 20.0. The molecular formula is C22H18ClN3O6S2. The van der Waals surface area contributed by atoms with E-state index in [1.165, 1.54) is 48.5 Å². The number of hydrogen-bond acceptors (Lipinski definition) is 6. The fourth-order valence-electron chi connectivity index (χ4n) is 3.36. The lowest BCUT2D eigenvalue weighted by atomic mass is 10.2. The smallest absolute Gasteiger partial charge is 0.269 e. The number of halogens is 1. The number of nitrogens with zero attached hydrogens (tertiary/aromatic N) is 1. The first-order valence-corrected chi connectivity index (χ1v) is 13.1. The number of nitrogens with one attached hydrogen (secondary N) is 2. The van der Waals surface area contributed by atoms with E-state index in [4.69, 9.17) is 11.6 Å². The topological polar surface area (TPSA) is 130 Å². The van der Waals surface area contributed by atoms with Crippen molar-refractivity contribution in [2.75, 3.05) is 16.6 Å². The fraction of sp³-hybridized carbons (Fsp3) is 0.0909. The predicted molar refractivity (Wildman–Crippen MR) is 127 cm³/mol. The van der Waals surface area contributed by atoms with E-state index in [2.05, 4.69) is 10.0 Å². The Balaban J connectivity index is 1.45. The summed E-state index contributed by atoms with van der Waals surface area (Å²) in [6, 6.07) is 15.8. The third kappa shape index (κ3) is 4.37. The van der Waals surface area contributed by atoms with Crippen molar-refractivity contribution in [1.29, 1.82) is 0 Å². The van der Waals surface area contributed by atoms with Gasteiger partial charge in [-0.1, -0.05) is 29.8 Å². The Labute approximate surface area is 201 Å². The van der Waals surface area contributed by atoms with E-state index in [1.54, 1.807) is 25.1 Å². The van der Waals surface area contributed by atoms with Crippen LogP contribution in [-0.4, -0.2) is 39.5 Å². The standard InChI is InChI=1S/C22H18ClN3O6S2/c1-14-18(23)6-4-7-19(14)25-33(29,30)16-11-9-15(10-12-16)24-21(27)13-26-22(28)17-5-2-3-8-20(17)34(26,31)32/h2-12,25H,13H2,1H3,(H,24,27). The van der Waals surface area contributed by atoms with Gasteiger partial charge in [0, 0.05) is 10.7 Å². The molecule has 4 rings (SSSR count). The van der Waals surface area contributed by atoms with Gasteiger partial charge in [-0.15, -0.1) is 0 Å². The van der Waals surface area contributed by atoms with Crippen LogP contribution in [0.15, 0.2) is 76.5 Å². The molecule has 9 nitrogen and oxygen atoms in total. The minimum absolute atomic E-state index is 0.00676.